The van der Waals surface area contributed by atoms with E-state index in [4.69, 9.17) is 0 Å². The average molecular weight is 381 g/mol. The highest BCUT2D eigenvalue weighted by atomic mass is 16.2. The fourth-order valence-electron chi connectivity index (χ4n) is 6.42. The summed E-state index contributed by atoms with van der Waals surface area (Å²) in [7, 11) is 0. The molecule has 2 saturated carbocycles. The highest BCUT2D eigenvalue weighted by Crippen LogP contribution is 2.58. The van der Waals surface area contributed by atoms with E-state index >= 15 is 0 Å². The van der Waals surface area contributed by atoms with Crippen molar-refractivity contribution in [3.8, 4) is 0 Å². The van der Waals surface area contributed by atoms with Crippen LogP contribution in [-0.4, -0.2) is 51.9 Å². The molecule has 0 aromatic carbocycles. The van der Waals surface area contributed by atoms with Crippen molar-refractivity contribution in [3.63, 3.8) is 0 Å². The quantitative estimate of drug-likeness (QED) is 0.709. The van der Waals surface area contributed by atoms with Gasteiger partial charge in [-0.3, -0.25) is 4.79 Å². The monoisotopic (exact) mass is 380 g/mol. The summed E-state index contributed by atoms with van der Waals surface area (Å²) in [5.41, 5.74) is 1.14. The van der Waals surface area contributed by atoms with Crippen LogP contribution in [0.1, 0.15) is 56.7 Å². The first-order valence-corrected chi connectivity index (χ1v) is 11.2. The molecule has 4 fully saturated rings. The standard InChI is InChI=1S/C23H32N4O/c1-16-20-18-5-6-19(15-18)21(20)23(28)27(16)12-3-2-11-26-13-7-17(8-14-26)22-24-9-4-10-25-22/h4,9-10,17-21H,1-3,5-8,11-15H2/t18-,19+,20?,21?/m0/s1. The van der Waals surface area contributed by atoms with Crippen molar-refractivity contribution in [2.75, 3.05) is 26.2 Å². The first kappa shape index (κ1) is 18.3. The number of unbranched alkanes of at least 4 members (excludes halogenated alkanes) is 1. The van der Waals surface area contributed by atoms with Crippen LogP contribution in [0.4, 0.5) is 0 Å². The van der Waals surface area contributed by atoms with Gasteiger partial charge in [0, 0.05) is 42.4 Å². The number of nitrogens with zero attached hydrogens (tertiary/aromatic N) is 4. The molecule has 0 radical (unpaired) electrons. The zero-order chi connectivity index (χ0) is 19.1. The fraction of sp³-hybridized carbons (Fsp3) is 0.696. The van der Waals surface area contributed by atoms with Gasteiger partial charge in [-0.25, -0.2) is 9.97 Å². The Morgan fingerprint density at radius 3 is 2.36 bits per heavy atom. The van der Waals surface area contributed by atoms with Crippen LogP contribution >= 0.6 is 0 Å². The lowest BCUT2D eigenvalue weighted by Gasteiger charge is -2.31. The highest BCUT2D eigenvalue weighted by molar-refractivity contribution is 5.85. The van der Waals surface area contributed by atoms with Crippen LogP contribution in [-0.2, 0) is 4.79 Å². The average Bonchev–Trinajstić information content (AvgIpc) is 3.41. The van der Waals surface area contributed by atoms with E-state index in [-0.39, 0.29) is 5.92 Å². The Bertz CT molecular complexity index is 699. The molecule has 2 bridgehead atoms. The Balaban J connectivity index is 1.05. The van der Waals surface area contributed by atoms with E-state index in [2.05, 4.69) is 26.3 Å². The predicted octanol–water partition coefficient (Wildman–Crippen LogP) is 3.45. The molecule has 28 heavy (non-hydrogen) atoms. The van der Waals surface area contributed by atoms with Crippen molar-refractivity contribution in [1.29, 1.82) is 0 Å². The summed E-state index contributed by atoms with van der Waals surface area (Å²) in [4.78, 5) is 26.4. The van der Waals surface area contributed by atoms with Gasteiger partial charge < -0.3 is 9.80 Å². The van der Waals surface area contributed by atoms with Crippen LogP contribution in [0.15, 0.2) is 30.7 Å². The number of piperidine rings is 1. The zero-order valence-corrected chi connectivity index (χ0v) is 16.8. The number of hydrogen-bond donors (Lipinski definition) is 0. The molecule has 1 aromatic rings. The molecular weight excluding hydrogens is 348 g/mol. The molecule has 150 valence electrons. The second-order valence-corrected chi connectivity index (χ2v) is 9.30. The van der Waals surface area contributed by atoms with Gasteiger partial charge in [-0.05, 0) is 82.5 Å². The lowest BCUT2D eigenvalue weighted by atomic mass is 9.80. The number of fused-ring (bicyclic) bond motifs is 5. The SMILES string of the molecule is C=C1C2C(C(=O)N1CCCCN1CCC(c3ncccn3)CC1)[C@@H]1CC[C@H]2C1. The van der Waals surface area contributed by atoms with Crippen LogP contribution in [0, 0.1) is 23.7 Å². The van der Waals surface area contributed by atoms with Gasteiger partial charge in [-0.15, -0.1) is 0 Å². The molecule has 5 nitrogen and oxygen atoms in total. The van der Waals surface area contributed by atoms with E-state index in [1.165, 1.54) is 19.3 Å². The first-order valence-electron chi connectivity index (χ1n) is 11.2. The molecule has 5 rings (SSSR count). The Labute approximate surface area is 168 Å². The number of hydrogen-bond acceptors (Lipinski definition) is 4. The van der Waals surface area contributed by atoms with E-state index in [0.717, 1.165) is 69.3 Å². The van der Waals surface area contributed by atoms with E-state index in [1.54, 1.807) is 0 Å². The minimum atomic E-state index is 0.283. The van der Waals surface area contributed by atoms with Gasteiger partial charge in [0.2, 0.25) is 5.91 Å². The molecule has 2 aliphatic carbocycles. The number of likely N-dealkylation sites (tertiary alicyclic amines) is 2. The molecular formula is C23H32N4O. The Kier molecular flexibility index (Phi) is 4.95. The van der Waals surface area contributed by atoms with Crippen LogP contribution in [0.3, 0.4) is 0 Å². The van der Waals surface area contributed by atoms with Crippen molar-refractivity contribution in [2.24, 2.45) is 23.7 Å². The van der Waals surface area contributed by atoms with E-state index < -0.39 is 0 Å². The summed E-state index contributed by atoms with van der Waals surface area (Å²) < 4.78 is 0. The molecule has 5 heteroatoms. The third-order valence-corrected chi connectivity index (χ3v) is 7.84. The maximum atomic E-state index is 12.9. The topological polar surface area (TPSA) is 49.3 Å². The van der Waals surface area contributed by atoms with Crippen molar-refractivity contribution in [3.05, 3.63) is 36.6 Å². The van der Waals surface area contributed by atoms with Gasteiger partial charge in [0.1, 0.15) is 5.82 Å². The van der Waals surface area contributed by atoms with E-state index in [9.17, 15) is 4.79 Å². The van der Waals surface area contributed by atoms with Crippen molar-refractivity contribution in [2.45, 2.75) is 50.9 Å². The molecule has 2 aliphatic heterocycles. The second kappa shape index (κ2) is 7.58. The van der Waals surface area contributed by atoms with E-state index in [1.807, 2.05) is 18.5 Å². The van der Waals surface area contributed by atoms with Crippen LogP contribution in [0.5, 0.6) is 0 Å². The molecule has 1 aromatic heterocycles. The maximum absolute atomic E-state index is 12.9. The van der Waals surface area contributed by atoms with Crippen LogP contribution < -0.4 is 0 Å². The number of allylic oxidation sites excluding steroid dienone is 1. The predicted molar refractivity (Wildman–Crippen MR) is 108 cm³/mol. The summed E-state index contributed by atoms with van der Waals surface area (Å²) in [6, 6.07) is 1.89. The summed E-state index contributed by atoms with van der Waals surface area (Å²) in [5.74, 6) is 4.07. The molecule has 4 aliphatic rings. The normalized spacial score (nSPS) is 33.1. The minimum Gasteiger partial charge on any atom is -0.316 e. The van der Waals surface area contributed by atoms with Crippen molar-refractivity contribution in [1.82, 2.24) is 19.8 Å². The highest BCUT2D eigenvalue weighted by Gasteiger charge is 2.57. The molecule has 0 N–H and O–H groups in total. The Hall–Kier alpha value is -1.75. The molecule has 2 unspecified atom stereocenters. The Morgan fingerprint density at radius 2 is 1.64 bits per heavy atom. The first-order chi connectivity index (χ1) is 13.7. The largest absolute Gasteiger partial charge is 0.316 e. The molecule has 4 atom stereocenters. The number of carbonyl (C=O) groups is 1. The van der Waals surface area contributed by atoms with Gasteiger partial charge >= 0.3 is 0 Å². The van der Waals surface area contributed by atoms with Gasteiger partial charge in [0.25, 0.3) is 0 Å². The van der Waals surface area contributed by atoms with Gasteiger partial charge in [-0.2, -0.15) is 0 Å². The van der Waals surface area contributed by atoms with Gasteiger partial charge in [0.15, 0.2) is 0 Å². The molecule has 3 heterocycles. The van der Waals surface area contributed by atoms with Crippen LogP contribution in [0.25, 0.3) is 0 Å². The third kappa shape index (κ3) is 3.18. The van der Waals surface area contributed by atoms with Crippen LogP contribution in [0.2, 0.25) is 0 Å². The molecule has 0 spiro atoms. The summed E-state index contributed by atoms with van der Waals surface area (Å²) in [5, 5.41) is 0. The molecule has 1 amide bonds. The van der Waals surface area contributed by atoms with Gasteiger partial charge in [-0.1, -0.05) is 6.58 Å². The third-order valence-electron chi connectivity index (χ3n) is 7.84. The summed E-state index contributed by atoms with van der Waals surface area (Å²) >= 11 is 0. The smallest absolute Gasteiger partial charge is 0.230 e. The van der Waals surface area contributed by atoms with E-state index in [0.29, 0.717) is 23.7 Å². The maximum Gasteiger partial charge on any atom is 0.230 e. The Morgan fingerprint density at radius 1 is 0.964 bits per heavy atom. The number of rotatable bonds is 6. The number of aromatic nitrogens is 2. The zero-order valence-electron chi connectivity index (χ0n) is 16.8. The lowest BCUT2D eigenvalue weighted by molar-refractivity contribution is -0.131. The second-order valence-electron chi connectivity index (χ2n) is 9.30. The van der Waals surface area contributed by atoms with Crippen molar-refractivity contribution < 1.29 is 4.79 Å². The number of carbonyl (C=O) groups excluding carboxylic acids is 1. The lowest BCUT2D eigenvalue weighted by Crippen LogP contribution is -2.34. The minimum absolute atomic E-state index is 0.283. The van der Waals surface area contributed by atoms with Crippen molar-refractivity contribution >= 4 is 5.91 Å². The van der Waals surface area contributed by atoms with Gasteiger partial charge in [0.05, 0.1) is 0 Å². The molecule has 2 saturated heterocycles. The fourth-order valence-corrected chi connectivity index (χ4v) is 6.42. The summed E-state index contributed by atoms with van der Waals surface area (Å²) in [6.45, 7) is 8.60. The number of amides is 1. The summed E-state index contributed by atoms with van der Waals surface area (Å²) in [6.07, 6.45) is 12.1.